The van der Waals surface area contributed by atoms with Crippen LogP contribution in [0.4, 0.5) is 0 Å². The van der Waals surface area contributed by atoms with Gasteiger partial charge in [-0.05, 0) is 37.6 Å². The number of amides is 1. The van der Waals surface area contributed by atoms with E-state index < -0.39 is 11.9 Å². The highest BCUT2D eigenvalue weighted by Gasteiger charge is 2.30. The zero-order valence-electron chi connectivity index (χ0n) is 20.7. The predicted molar refractivity (Wildman–Crippen MR) is 135 cm³/mol. The van der Waals surface area contributed by atoms with E-state index in [-0.39, 0.29) is 5.92 Å². The van der Waals surface area contributed by atoms with E-state index in [9.17, 15) is 4.79 Å². The Kier molecular flexibility index (Phi) is 10.3. The Labute approximate surface area is 211 Å². The summed E-state index contributed by atoms with van der Waals surface area (Å²) in [6.45, 7) is 7.46. The van der Waals surface area contributed by atoms with Gasteiger partial charge in [0.15, 0.2) is 0 Å². The minimum absolute atomic E-state index is 0.180. The number of nitrogens with zero attached hydrogens (tertiary/aromatic N) is 3. The van der Waals surface area contributed by atoms with Crippen molar-refractivity contribution in [3.63, 3.8) is 0 Å². The van der Waals surface area contributed by atoms with Gasteiger partial charge in [0.2, 0.25) is 5.91 Å². The Morgan fingerprint density at radius 3 is 1.92 bits per heavy atom. The number of ether oxygens (including phenoxy) is 1. The summed E-state index contributed by atoms with van der Waals surface area (Å²) in [5.74, 6) is -2.15. The lowest BCUT2D eigenvalue weighted by molar-refractivity contribution is -0.159. The maximum absolute atomic E-state index is 13.1. The van der Waals surface area contributed by atoms with Gasteiger partial charge in [-0.1, -0.05) is 48.5 Å². The van der Waals surface area contributed by atoms with Crippen LogP contribution in [0.5, 0.6) is 5.75 Å². The van der Waals surface area contributed by atoms with Gasteiger partial charge in [0.1, 0.15) is 5.75 Å². The van der Waals surface area contributed by atoms with Crippen molar-refractivity contribution in [1.29, 1.82) is 0 Å². The number of aliphatic carboxylic acids is 2. The van der Waals surface area contributed by atoms with Crippen LogP contribution in [0.3, 0.4) is 0 Å². The zero-order chi connectivity index (χ0) is 25.9. The topological polar surface area (TPSA) is 111 Å². The molecule has 9 nitrogen and oxygen atoms in total. The van der Waals surface area contributed by atoms with E-state index >= 15 is 0 Å². The molecule has 36 heavy (non-hydrogen) atoms. The molecule has 0 spiro atoms. The molecular weight excluding hydrogens is 462 g/mol. The van der Waals surface area contributed by atoms with Crippen molar-refractivity contribution in [3.8, 4) is 5.75 Å². The molecule has 194 valence electrons. The number of likely N-dealkylation sites (tertiary alicyclic amines) is 1. The molecule has 2 saturated heterocycles. The van der Waals surface area contributed by atoms with Crippen LogP contribution in [0, 0.1) is 5.92 Å². The quantitative estimate of drug-likeness (QED) is 0.586. The maximum Gasteiger partial charge on any atom is 0.414 e. The molecule has 2 heterocycles. The van der Waals surface area contributed by atoms with Crippen molar-refractivity contribution < 1.29 is 29.3 Å². The number of rotatable bonds is 6. The molecule has 1 amide bonds. The number of carboxylic acid groups (broad SMARTS) is 2. The summed E-state index contributed by atoms with van der Waals surface area (Å²) in [5, 5.41) is 14.8. The van der Waals surface area contributed by atoms with Crippen molar-refractivity contribution in [2.75, 3.05) is 46.4 Å². The van der Waals surface area contributed by atoms with Gasteiger partial charge in [0.25, 0.3) is 0 Å². The molecule has 2 aliphatic rings. The first-order valence-corrected chi connectivity index (χ1v) is 12.2. The van der Waals surface area contributed by atoms with Crippen LogP contribution in [0.2, 0.25) is 0 Å². The summed E-state index contributed by atoms with van der Waals surface area (Å²) in [7, 11) is 1.73. The molecule has 2 aromatic carbocycles. The number of benzene rings is 2. The third-order valence-electron chi connectivity index (χ3n) is 6.64. The highest BCUT2D eigenvalue weighted by molar-refractivity contribution is 6.27. The van der Waals surface area contributed by atoms with Gasteiger partial charge in [-0.25, -0.2) is 9.59 Å². The first-order valence-electron chi connectivity index (χ1n) is 12.2. The van der Waals surface area contributed by atoms with Crippen LogP contribution in [0.25, 0.3) is 0 Å². The number of carboxylic acids is 2. The minimum atomic E-state index is -1.82. The normalized spacial score (nSPS) is 17.1. The second-order valence-corrected chi connectivity index (χ2v) is 9.06. The average molecular weight is 498 g/mol. The molecule has 0 radical (unpaired) electrons. The fourth-order valence-electron chi connectivity index (χ4n) is 4.64. The van der Waals surface area contributed by atoms with Crippen LogP contribution in [-0.2, 0) is 27.5 Å². The molecule has 0 bridgehead atoms. The Hall–Kier alpha value is -3.43. The molecule has 0 aromatic heterocycles. The van der Waals surface area contributed by atoms with E-state index in [2.05, 4.69) is 57.2 Å². The summed E-state index contributed by atoms with van der Waals surface area (Å²) in [4.78, 5) is 38.2. The molecule has 0 unspecified atom stereocenters. The number of piperidine rings is 1. The van der Waals surface area contributed by atoms with Crippen LogP contribution in [0.1, 0.15) is 24.0 Å². The number of hydrogen-bond donors (Lipinski definition) is 2. The highest BCUT2D eigenvalue weighted by atomic mass is 16.5. The summed E-state index contributed by atoms with van der Waals surface area (Å²) < 4.78 is 5.48. The molecule has 0 saturated carbocycles. The summed E-state index contributed by atoms with van der Waals surface area (Å²) >= 11 is 0. The van der Waals surface area contributed by atoms with Gasteiger partial charge in [0.05, 0.1) is 7.11 Å². The number of piperazine rings is 1. The predicted octanol–water partition coefficient (Wildman–Crippen LogP) is 2.41. The fraction of sp³-hybridized carbons (Fsp3) is 0.444. The van der Waals surface area contributed by atoms with E-state index in [1.165, 1.54) is 11.1 Å². The van der Waals surface area contributed by atoms with Crippen molar-refractivity contribution in [1.82, 2.24) is 14.7 Å². The Balaban J connectivity index is 0.000000538. The fourth-order valence-corrected chi connectivity index (χ4v) is 4.64. The van der Waals surface area contributed by atoms with Crippen LogP contribution in [-0.4, -0.2) is 89.1 Å². The lowest BCUT2D eigenvalue weighted by Crippen LogP contribution is -2.51. The second-order valence-electron chi connectivity index (χ2n) is 9.06. The number of hydrogen-bond acceptors (Lipinski definition) is 6. The van der Waals surface area contributed by atoms with Gasteiger partial charge < -0.3 is 19.8 Å². The van der Waals surface area contributed by atoms with Crippen LogP contribution < -0.4 is 4.74 Å². The third-order valence-corrected chi connectivity index (χ3v) is 6.64. The van der Waals surface area contributed by atoms with Crippen LogP contribution in [0.15, 0.2) is 54.6 Å². The zero-order valence-corrected chi connectivity index (χ0v) is 20.7. The maximum atomic E-state index is 13.1. The van der Waals surface area contributed by atoms with Gasteiger partial charge in [0, 0.05) is 50.7 Å². The van der Waals surface area contributed by atoms with Crippen molar-refractivity contribution >= 4 is 17.8 Å². The summed E-state index contributed by atoms with van der Waals surface area (Å²) in [6.07, 6.45) is 1.91. The SMILES string of the molecule is COc1ccccc1CN1CCC(C(=O)N2CCN(Cc3ccccc3)CC2)CC1.O=C(O)C(=O)O. The van der Waals surface area contributed by atoms with Crippen molar-refractivity contribution in [3.05, 3.63) is 65.7 Å². The first-order chi connectivity index (χ1) is 17.4. The number of methoxy groups -OCH3 is 1. The monoisotopic (exact) mass is 497 g/mol. The highest BCUT2D eigenvalue weighted by Crippen LogP contribution is 2.25. The molecular formula is C27H35N3O6. The Bertz CT molecular complexity index is 988. The summed E-state index contributed by atoms with van der Waals surface area (Å²) in [5.41, 5.74) is 2.57. The molecule has 2 fully saturated rings. The molecule has 0 atom stereocenters. The molecule has 4 rings (SSSR count). The van der Waals surface area contributed by atoms with Crippen LogP contribution >= 0.6 is 0 Å². The summed E-state index contributed by atoms with van der Waals surface area (Å²) in [6, 6.07) is 18.8. The average Bonchev–Trinajstić information content (AvgIpc) is 2.90. The smallest absolute Gasteiger partial charge is 0.414 e. The molecule has 2 N–H and O–H groups in total. The van der Waals surface area contributed by atoms with Gasteiger partial charge in [-0.2, -0.15) is 0 Å². The number of para-hydroxylation sites is 1. The van der Waals surface area contributed by atoms with E-state index in [4.69, 9.17) is 24.5 Å². The van der Waals surface area contributed by atoms with Gasteiger partial charge in [-0.3, -0.25) is 14.6 Å². The van der Waals surface area contributed by atoms with Gasteiger partial charge in [-0.15, -0.1) is 0 Å². The van der Waals surface area contributed by atoms with E-state index in [0.29, 0.717) is 5.91 Å². The molecule has 2 aromatic rings. The Morgan fingerprint density at radius 2 is 1.33 bits per heavy atom. The second kappa shape index (κ2) is 13.6. The third kappa shape index (κ3) is 8.07. The standard InChI is InChI=1S/C25H33N3O2.C2H2O4/c1-30-24-10-6-5-9-23(24)20-26-13-11-22(12-14-26)25(29)28-17-15-27(16-18-28)19-21-7-3-2-4-8-21;3-1(4)2(5)6/h2-10,22H,11-20H2,1H3;(H,3,4)(H,5,6). The van der Waals surface area contributed by atoms with E-state index in [0.717, 1.165) is 70.9 Å². The van der Waals surface area contributed by atoms with E-state index in [1.807, 2.05) is 12.1 Å². The largest absolute Gasteiger partial charge is 0.496 e. The first kappa shape index (κ1) is 27.2. The minimum Gasteiger partial charge on any atom is -0.496 e. The van der Waals surface area contributed by atoms with E-state index in [1.54, 1.807) is 7.11 Å². The lowest BCUT2D eigenvalue weighted by atomic mass is 9.94. The number of carbonyl (C=O) groups excluding carboxylic acids is 1. The molecule has 0 aliphatic carbocycles. The lowest BCUT2D eigenvalue weighted by Gasteiger charge is -2.38. The number of carbonyl (C=O) groups is 3. The molecule has 2 aliphatic heterocycles. The molecule has 9 heteroatoms. The van der Waals surface area contributed by atoms with Crippen molar-refractivity contribution in [2.24, 2.45) is 5.92 Å². The van der Waals surface area contributed by atoms with Crippen molar-refractivity contribution in [2.45, 2.75) is 25.9 Å². The Morgan fingerprint density at radius 1 is 0.778 bits per heavy atom. The van der Waals surface area contributed by atoms with Gasteiger partial charge >= 0.3 is 11.9 Å².